The molecule has 1 aliphatic rings. The van der Waals surface area contributed by atoms with Crippen LogP contribution >= 0.6 is 0 Å². The van der Waals surface area contributed by atoms with Gasteiger partial charge in [0.1, 0.15) is 11.5 Å². The van der Waals surface area contributed by atoms with E-state index in [2.05, 4.69) is 0 Å². The van der Waals surface area contributed by atoms with E-state index in [1.165, 1.54) is 0 Å². The third-order valence-corrected chi connectivity index (χ3v) is 2.29. The quantitative estimate of drug-likeness (QED) is 0.616. The van der Waals surface area contributed by atoms with Gasteiger partial charge in [-0.25, -0.2) is 0 Å². The minimum Gasteiger partial charge on any atom is -0.462 e. The lowest BCUT2D eigenvalue weighted by molar-refractivity contribution is -0.114. The molecule has 0 unspecified atom stereocenters. The molecule has 0 amide bonds. The zero-order valence-electron chi connectivity index (χ0n) is 7.67. The summed E-state index contributed by atoms with van der Waals surface area (Å²) in [6.45, 7) is 1.90. The summed E-state index contributed by atoms with van der Waals surface area (Å²) < 4.78 is 5.37. The number of allylic oxidation sites excluding steroid dienone is 1. The second-order valence-corrected chi connectivity index (χ2v) is 3.39. The van der Waals surface area contributed by atoms with Crippen molar-refractivity contribution in [3.63, 3.8) is 0 Å². The molecular weight excluding hydrogens is 164 g/mol. The number of hydrogen-bond acceptors (Lipinski definition) is 2. The Kier molecular flexibility index (Phi) is 2.05. The van der Waals surface area contributed by atoms with Gasteiger partial charge in [0.2, 0.25) is 0 Å². The van der Waals surface area contributed by atoms with Crippen LogP contribution in [0.15, 0.2) is 22.1 Å². The molecule has 1 fully saturated rings. The molecular formula is C11H12O2. The molecule has 0 bridgehead atoms. The first kappa shape index (κ1) is 8.30. The van der Waals surface area contributed by atoms with E-state index in [4.69, 9.17) is 4.42 Å². The van der Waals surface area contributed by atoms with Gasteiger partial charge in [-0.05, 0) is 43.5 Å². The molecule has 1 aromatic rings. The molecule has 1 heterocycles. The van der Waals surface area contributed by atoms with Gasteiger partial charge < -0.3 is 4.42 Å². The third-order valence-electron chi connectivity index (χ3n) is 2.29. The van der Waals surface area contributed by atoms with Gasteiger partial charge in [-0.3, -0.25) is 4.79 Å². The molecule has 0 atom stereocenters. The predicted molar refractivity (Wildman–Crippen MR) is 50.3 cm³/mol. The summed E-state index contributed by atoms with van der Waals surface area (Å²) >= 11 is 0. The van der Waals surface area contributed by atoms with Gasteiger partial charge in [0, 0.05) is 6.42 Å². The van der Waals surface area contributed by atoms with Crippen molar-refractivity contribution in [2.75, 3.05) is 0 Å². The Labute approximate surface area is 77.2 Å². The summed E-state index contributed by atoms with van der Waals surface area (Å²) in [5, 5.41) is 0. The number of ketones is 1. The zero-order chi connectivity index (χ0) is 9.26. The number of rotatable bonds is 1. The van der Waals surface area contributed by atoms with Crippen molar-refractivity contribution in [2.45, 2.75) is 26.2 Å². The summed E-state index contributed by atoms with van der Waals surface area (Å²) in [6.07, 6.45) is 4.46. The molecule has 0 saturated heterocycles. The summed E-state index contributed by atoms with van der Waals surface area (Å²) in [4.78, 5) is 11.3. The molecule has 0 spiro atoms. The van der Waals surface area contributed by atoms with Crippen molar-refractivity contribution in [1.29, 1.82) is 0 Å². The van der Waals surface area contributed by atoms with Crippen LogP contribution in [0.2, 0.25) is 0 Å². The van der Waals surface area contributed by atoms with E-state index in [9.17, 15) is 4.79 Å². The van der Waals surface area contributed by atoms with Gasteiger partial charge in [0.15, 0.2) is 5.78 Å². The molecule has 0 N–H and O–H groups in total. The third kappa shape index (κ3) is 1.72. The van der Waals surface area contributed by atoms with Gasteiger partial charge in [-0.15, -0.1) is 0 Å². The minimum atomic E-state index is 0.272. The van der Waals surface area contributed by atoms with Crippen molar-refractivity contribution in [1.82, 2.24) is 0 Å². The van der Waals surface area contributed by atoms with Gasteiger partial charge in [-0.2, -0.15) is 0 Å². The summed E-state index contributed by atoms with van der Waals surface area (Å²) in [7, 11) is 0. The Morgan fingerprint density at radius 3 is 2.77 bits per heavy atom. The Bertz CT molecular complexity index is 358. The van der Waals surface area contributed by atoms with Crippen LogP contribution < -0.4 is 0 Å². The molecule has 1 saturated carbocycles. The predicted octanol–water partition coefficient (Wildman–Crippen LogP) is 2.72. The normalized spacial score (nSPS) is 20.1. The zero-order valence-corrected chi connectivity index (χ0v) is 7.67. The summed E-state index contributed by atoms with van der Waals surface area (Å²) in [6, 6.07) is 3.81. The Morgan fingerprint density at radius 2 is 2.23 bits per heavy atom. The molecule has 0 aromatic carbocycles. The highest BCUT2D eigenvalue weighted by Gasteiger charge is 2.16. The highest BCUT2D eigenvalue weighted by Crippen LogP contribution is 2.23. The van der Waals surface area contributed by atoms with Gasteiger partial charge >= 0.3 is 0 Å². The molecule has 0 aliphatic heterocycles. The minimum absolute atomic E-state index is 0.272. The van der Waals surface area contributed by atoms with Gasteiger partial charge in [0.05, 0.1) is 0 Å². The Hall–Kier alpha value is -1.31. The van der Waals surface area contributed by atoms with Crippen LogP contribution in [-0.2, 0) is 4.79 Å². The van der Waals surface area contributed by atoms with Crippen LogP contribution in [0, 0.1) is 6.92 Å². The largest absolute Gasteiger partial charge is 0.462 e. The maximum absolute atomic E-state index is 11.3. The number of Topliss-reactive ketones (excluding diaryl/α,β-unsaturated/α-hetero) is 1. The molecule has 0 radical (unpaired) electrons. The summed E-state index contributed by atoms with van der Waals surface area (Å²) in [5.74, 6) is 1.95. The van der Waals surface area contributed by atoms with Crippen molar-refractivity contribution in [3.8, 4) is 0 Å². The maximum Gasteiger partial charge on any atom is 0.159 e. The van der Waals surface area contributed by atoms with Crippen molar-refractivity contribution in [3.05, 3.63) is 29.2 Å². The SMILES string of the molecule is Cc1ccc(C=C2CCCC2=O)o1. The van der Waals surface area contributed by atoms with E-state index in [0.29, 0.717) is 6.42 Å². The first-order valence-electron chi connectivity index (χ1n) is 4.56. The molecule has 1 aliphatic carbocycles. The number of aryl methyl sites for hydroxylation is 1. The monoisotopic (exact) mass is 176 g/mol. The van der Waals surface area contributed by atoms with E-state index in [1.807, 2.05) is 25.1 Å². The van der Waals surface area contributed by atoms with E-state index in [0.717, 1.165) is 29.9 Å². The van der Waals surface area contributed by atoms with E-state index in [1.54, 1.807) is 0 Å². The Balaban J connectivity index is 2.24. The molecule has 1 aromatic heterocycles. The lowest BCUT2D eigenvalue weighted by Crippen LogP contribution is -1.90. The van der Waals surface area contributed by atoms with E-state index < -0.39 is 0 Å². The van der Waals surface area contributed by atoms with Crippen molar-refractivity contribution >= 4 is 11.9 Å². The maximum atomic E-state index is 11.3. The van der Waals surface area contributed by atoms with Crippen LogP contribution in [0.5, 0.6) is 0 Å². The fourth-order valence-corrected chi connectivity index (χ4v) is 1.59. The Morgan fingerprint density at radius 1 is 1.38 bits per heavy atom. The molecule has 13 heavy (non-hydrogen) atoms. The molecule has 2 rings (SSSR count). The lowest BCUT2D eigenvalue weighted by atomic mass is 10.2. The first-order valence-corrected chi connectivity index (χ1v) is 4.56. The standard InChI is InChI=1S/C11H12O2/c1-8-5-6-10(13-8)7-9-3-2-4-11(9)12/h5-7H,2-4H2,1H3. The second kappa shape index (κ2) is 3.21. The van der Waals surface area contributed by atoms with Crippen molar-refractivity contribution in [2.24, 2.45) is 0 Å². The van der Waals surface area contributed by atoms with Crippen LogP contribution in [0.3, 0.4) is 0 Å². The average Bonchev–Trinajstić information content (AvgIpc) is 2.64. The second-order valence-electron chi connectivity index (χ2n) is 3.39. The topological polar surface area (TPSA) is 30.2 Å². The fourth-order valence-electron chi connectivity index (χ4n) is 1.59. The first-order chi connectivity index (χ1) is 6.25. The van der Waals surface area contributed by atoms with E-state index >= 15 is 0 Å². The van der Waals surface area contributed by atoms with Gasteiger partial charge in [-0.1, -0.05) is 0 Å². The lowest BCUT2D eigenvalue weighted by Gasteiger charge is -1.91. The number of hydrogen-bond donors (Lipinski definition) is 0. The molecule has 2 heteroatoms. The number of furan rings is 1. The van der Waals surface area contributed by atoms with Crippen LogP contribution in [0.25, 0.3) is 6.08 Å². The van der Waals surface area contributed by atoms with Crippen LogP contribution in [0.4, 0.5) is 0 Å². The summed E-state index contributed by atoms with van der Waals surface area (Å²) in [5.41, 5.74) is 0.911. The van der Waals surface area contributed by atoms with Crippen molar-refractivity contribution < 1.29 is 9.21 Å². The molecule has 2 nitrogen and oxygen atoms in total. The van der Waals surface area contributed by atoms with E-state index in [-0.39, 0.29) is 5.78 Å². The fraction of sp³-hybridized carbons (Fsp3) is 0.364. The molecule has 68 valence electrons. The highest BCUT2D eigenvalue weighted by atomic mass is 16.3. The number of carbonyl (C=O) groups excluding carboxylic acids is 1. The number of carbonyl (C=O) groups is 1. The van der Waals surface area contributed by atoms with Crippen LogP contribution in [-0.4, -0.2) is 5.78 Å². The highest BCUT2D eigenvalue weighted by molar-refractivity contribution is 6.01. The smallest absolute Gasteiger partial charge is 0.159 e. The average molecular weight is 176 g/mol. The van der Waals surface area contributed by atoms with Crippen LogP contribution in [0.1, 0.15) is 30.8 Å². The van der Waals surface area contributed by atoms with Gasteiger partial charge in [0.25, 0.3) is 0 Å².